The number of hydrogen-bond acceptors (Lipinski definition) is 3. The first kappa shape index (κ1) is 17.7. The molecule has 1 fully saturated rings. The maximum atomic E-state index is 13.5. The van der Waals surface area contributed by atoms with Crippen LogP contribution in [0.25, 0.3) is 0 Å². The Balaban J connectivity index is 1.97. The molecule has 0 aliphatic carbocycles. The minimum absolute atomic E-state index is 0.0477. The molecule has 1 saturated heterocycles. The maximum Gasteiger partial charge on any atom is 0.224 e. The van der Waals surface area contributed by atoms with Crippen molar-refractivity contribution in [1.82, 2.24) is 5.32 Å². The molecule has 1 aromatic carbocycles. The molecule has 2 rings (SSSR count). The number of nitrogens with one attached hydrogen (secondary N) is 3. The van der Waals surface area contributed by atoms with Gasteiger partial charge in [-0.3, -0.25) is 4.79 Å². The lowest BCUT2D eigenvalue weighted by Gasteiger charge is -2.28. The second-order valence-electron chi connectivity index (χ2n) is 6.81. The van der Waals surface area contributed by atoms with Gasteiger partial charge in [-0.2, -0.15) is 0 Å². The van der Waals surface area contributed by atoms with Gasteiger partial charge in [0.05, 0.1) is 11.4 Å². The number of carbonyl (C=O) groups excluding carboxylic acids is 1. The van der Waals surface area contributed by atoms with Gasteiger partial charge in [-0.1, -0.05) is 6.92 Å². The number of amides is 1. The largest absolute Gasteiger partial charge is 0.381 e. The Morgan fingerprint density at radius 3 is 2.61 bits per heavy atom. The molecule has 1 amide bonds. The topological polar surface area (TPSA) is 53.2 Å². The third-order valence-corrected chi connectivity index (χ3v) is 4.40. The predicted octanol–water partition coefficient (Wildman–Crippen LogP) is 3.61. The molecule has 1 heterocycles. The van der Waals surface area contributed by atoms with Gasteiger partial charge < -0.3 is 16.0 Å². The van der Waals surface area contributed by atoms with Gasteiger partial charge in [-0.15, -0.1) is 0 Å². The van der Waals surface area contributed by atoms with Crippen LogP contribution in [0.1, 0.15) is 40.0 Å². The van der Waals surface area contributed by atoms with E-state index in [0.29, 0.717) is 23.9 Å². The summed E-state index contributed by atoms with van der Waals surface area (Å²) in [6.45, 7) is 8.21. The highest BCUT2D eigenvalue weighted by Gasteiger charge is 2.22. The van der Waals surface area contributed by atoms with E-state index in [2.05, 4.69) is 22.9 Å². The lowest BCUT2D eigenvalue weighted by atomic mass is 9.84. The normalized spacial score (nSPS) is 17.1. The average molecular weight is 321 g/mol. The standard InChI is InChI=1S/C18H28FN3O/c1-12(2)21-16-5-4-15(19)11-17(16)22-18(23)10-13(3)14-6-8-20-9-7-14/h4-5,11-14,20-21H,6-10H2,1-3H3,(H,22,23). The van der Waals surface area contributed by atoms with Crippen LogP contribution in [0.5, 0.6) is 0 Å². The molecule has 1 atom stereocenters. The Kier molecular flexibility index (Phi) is 6.39. The molecule has 3 N–H and O–H groups in total. The Hall–Kier alpha value is -1.62. The molecular weight excluding hydrogens is 293 g/mol. The highest BCUT2D eigenvalue weighted by Crippen LogP contribution is 2.27. The van der Waals surface area contributed by atoms with E-state index in [-0.39, 0.29) is 17.8 Å². The summed E-state index contributed by atoms with van der Waals surface area (Å²) < 4.78 is 13.5. The number of piperidine rings is 1. The van der Waals surface area contributed by atoms with E-state index in [1.165, 1.54) is 12.1 Å². The van der Waals surface area contributed by atoms with Gasteiger partial charge in [-0.05, 0) is 69.8 Å². The number of benzene rings is 1. The van der Waals surface area contributed by atoms with Crippen LogP contribution in [-0.4, -0.2) is 25.0 Å². The first-order valence-corrected chi connectivity index (χ1v) is 8.52. The van der Waals surface area contributed by atoms with Crippen LogP contribution in [0.4, 0.5) is 15.8 Å². The summed E-state index contributed by atoms with van der Waals surface area (Å²) in [7, 11) is 0. The number of anilines is 2. The van der Waals surface area contributed by atoms with Crippen molar-refractivity contribution in [2.45, 2.75) is 46.1 Å². The summed E-state index contributed by atoms with van der Waals surface area (Å²) in [5.74, 6) is 0.532. The molecule has 0 bridgehead atoms. The predicted molar refractivity (Wildman–Crippen MR) is 93.2 cm³/mol. The van der Waals surface area contributed by atoms with Crippen molar-refractivity contribution in [3.05, 3.63) is 24.0 Å². The fraction of sp³-hybridized carbons (Fsp3) is 0.611. The highest BCUT2D eigenvalue weighted by molar-refractivity contribution is 5.94. The number of halogens is 1. The van der Waals surface area contributed by atoms with Gasteiger partial charge in [0, 0.05) is 12.5 Å². The summed E-state index contributed by atoms with van der Waals surface area (Å²) in [6.07, 6.45) is 2.71. The van der Waals surface area contributed by atoms with Crippen LogP contribution >= 0.6 is 0 Å². The van der Waals surface area contributed by atoms with Crippen molar-refractivity contribution >= 4 is 17.3 Å². The van der Waals surface area contributed by atoms with Gasteiger partial charge in [0.2, 0.25) is 5.91 Å². The van der Waals surface area contributed by atoms with Crippen LogP contribution in [0.2, 0.25) is 0 Å². The SMILES string of the molecule is CC(C)Nc1ccc(F)cc1NC(=O)CC(C)C1CCNCC1. The molecule has 1 aromatic rings. The molecule has 0 aromatic heterocycles. The molecule has 1 aliphatic heterocycles. The van der Waals surface area contributed by atoms with Crippen molar-refractivity contribution in [3.8, 4) is 0 Å². The van der Waals surface area contributed by atoms with Crippen LogP contribution in [0.3, 0.4) is 0 Å². The van der Waals surface area contributed by atoms with Gasteiger partial charge in [0.1, 0.15) is 5.82 Å². The fourth-order valence-electron chi connectivity index (χ4n) is 3.13. The molecule has 5 heteroatoms. The molecule has 23 heavy (non-hydrogen) atoms. The molecular formula is C18H28FN3O. The van der Waals surface area contributed by atoms with Crippen LogP contribution in [-0.2, 0) is 4.79 Å². The first-order chi connectivity index (χ1) is 11.0. The minimum atomic E-state index is -0.346. The minimum Gasteiger partial charge on any atom is -0.381 e. The van der Waals surface area contributed by atoms with Crippen molar-refractivity contribution in [3.63, 3.8) is 0 Å². The van der Waals surface area contributed by atoms with Crippen LogP contribution in [0, 0.1) is 17.7 Å². The van der Waals surface area contributed by atoms with Gasteiger partial charge in [-0.25, -0.2) is 4.39 Å². The van der Waals surface area contributed by atoms with E-state index < -0.39 is 0 Å². The Morgan fingerprint density at radius 1 is 1.26 bits per heavy atom. The van der Waals surface area contributed by atoms with Crippen LogP contribution in [0.15, 0.2) is 18.2 Å². The summed E-state index contributed by atoms with van der Waals surface area (Å²) >= 11 is 0. The summed E-state index contributed by atoms with van der Waals surface area (Å²) in [5.41, 5.74) is 1.27. The third kappa shape index (κ3) is 5.50. The zero-order valence-corrected chi connectivity index (χ0v) is 14.3. The van der Waals surface area contributed by atoms with E-state index >= 15 is 0 Å². The van der Waals surface area contributed by atoms with Crippen molar-refractivity contribution in [2.24, 2.45) is 11.8 Å². The molecule has 4 nitrogen and oxygen atoms in total. The lowest BCUT2D eigenvalue weighted by Crippen LogP contribution is -2.32. The molecule has 0 radical (unpaired) electrons. The van der Waals surface area contributed by atoms with Crippen molar-refractivity contribution < 1.29 is 9.18 Å². The van der Waals surface area contributed by atoms with E-state index in [9.17, 15) is 9.18 Å². The van der Waals surface area contributed by atoms with E-state index in [0.717, 1.165) is 31.6 Å². The molecule has 1 unspecified atom stereocenters. The molecule has 0 spiro atoms. The fourth-order valence-corrected chi connectivity index (χ4v) is 3.13. The Bertz CT molecular complexity index is 527. The monoisotopic (exact) mass is 321 g/mol. The average Bonchev–Trinajstić information content (AvgIpc) is 2.50. The maximum absolute atomic E-state index is 13.5. The Morgan fingerprint density at radius 2 is 1.96 bits per heavy atom. The third-order valence-electron chi connectivity index (χ3n) is 4.40. The van der Waals surface area contributed by atoms with Crippen LogP contribution < -0.4 is 16.0 Å². The van der Waals surface area contributed by atoms with Gasteiger partial charge in [0.25, 0.3) is 0 Å². The smallest absolute Gasteiger partial charge is 0.224 e. The van der Waals surface area contributed by atoms with Gasteiger partial charge >= 0.3 is 0 Å². The summed E-state index contributed by atoms with van der Waals surface area (Å²) in [4.78, 5) is 12.3. The van der Waals surface area contributed by atoms with Gasteiger partial charge in [0.15, 0.2) is 0 Å². The molecule has 128 valence electrons. The first-order valence-electron chi connectivity index (χ1n) is 8.52. The second-order valence-corrected chi connectivity index (χ2v) is 6.81. The number of carbonyl (C=O) groups is 1. The zero-order chi connectivity index (χ0) is 16.8. The van der Waals surface area contributed by atoms with Crippen molar-refractivity contribution in [2.75, 3.05) is 23.7 Å². The molecule has 1 aliphatic rings. The highest BCUT2D eigenvalue weighted by atomic mass is 19.1. The lowest BCUT2D eigenvalue weighted by molar-refractivity contribution is -0.117. The van der Waals surface area contributed by atoms with E-state index in [1.807, 2.05) is 13.8 Å². The number of hydrogen-bond donors (Lipinski definition) is 3. The Labute approximate surface area is 138 Å². The quantitative estimate of drug-likeness (QED) is 0.750. The summed E-state index contributed by atoms with van der Waals surface area (Å²) in [5, 5.41) is 9.45. The second kappa shape index (κ2) is 8.29. The van der Waals surface area contributed by atoms with E-state index in [1.54, 1.807) is 6.07 Å². The van der Waals surface area contributed by atoms with E-state index in [4.69, 9.17) is 0 Å². The zero-order valence-electron chi connectivity index (χ0n) is 14.3. The van der Waals surface area contributed by atoms with Crippen molar-refractivity contribution in [1.29, 1.82) is 0 Å². The summed E-state index contributed by atoms with van der Waals surface area (Å²) in [6, 6.07) is 4.65. The molecule has 0 saturated carbocycles. The number of rotatable bonds is 6.